The van der Waals surface area contributed by atoms with Gasteiger partial charge in [-0.25, -0.2) is 0 Å². The quantitative estimate of drug-likeness (QED) is 0.554. The van der Waals surface area contributed by atoms with Gasteiger partial charge in [0.05, 0.1) is 0 Å². The third-order valence-corrected chi connectivity index (χ3v) is 5.18. The molecular formula is C21H20N2O5S. The molecule has 0 aliphatic carbocycles. The lowest BCUT2D eigenvalue weighted by molar-refractivity contribution is -0.155. The van der Waals surface area contributed by atoms with Crippen LogP contribution in [-0.4, -0.2) is 46.6 Å². The zero-order valence-electron chi connectivity index (χ0n) is 15.8. The molecule has 7 nitrogen and oxygen atoms in total. The molecule has 1 saturated heterocycles. The maximum Gasteiger partial charge on any atom is 0.326 e. The van der Waals surface area contributed by atoms with E-state index < -0.39 is 18.0 Å². The van der Waals surface area contributed by atoms with Crippen molar-refractivity contribution in [2.75, 3.05) is 24.2 Å². The zero-order chi connectivity index (χ0) is 20.8. The van der Waals surface area contributed by atoms with E-state index in [1.165, 1.54) is 11.8 Å². The molecule has 0 spiro atoms. The Morgan fingerprint density at radius 3 is 2.55 bits per heavy atom. The van der Waals surface area contributed by atoms with E-state index in [4.69, 9.17) is 4.74 Å². The number of thioether (sulfide) groups is 1. The van der Waals surface area contributed by atoms with Crippen LogP contribution < -0.4 is 5.32 Å². The van der Waals surface area contributed by atoms with Gasteiger partial charge in [0.2, 0.25) is 6.10 Å². The summed E-state index contributed by atoms with van der Waals surface area (Å²) in [5.74, 6) is -0.712. The third-order valence-electron chi connectivity index (χ3n) is 4.29. The SMILES string of the molecule is CC(=O)c1cccc(NC(=O)[C@@H](OC(=O)CN2CCSC2=O)c2ccccc2)c1. The summed E-state index contributed by atoms with van der Waals surface area (Å²) in [5, 5.41) is 2.51. The first kappa shape index (κ1) is 20.6. The lowest BCUT2D eigenvalue weighted by atomic mass is 10.1. The summed E-state index contributed by atoms with van der Waals surface area (Å²) < 4.78 is 5.44. The van der Waals surface area contributed by atoms with Crippen molar-refractivity contribution < 1.29 is 23.9 Å². The molecule has 29 heavy (non-hydrogen) atoms. The smallest absolute Gasteiger partial charge is 0.326 e. The van der Waals surface area contributed by atoms with Gasteiger partial charge in [-0.05, 0) is 19.1 Å². The largest absolute Gasteiger partial charge is 0.446 e. The highest BCUT2D eigenvalue weighted by Gasteiger charge is 2.29. The molecule has 1 fully saturated rings. The van der Waals surface area contributed by atoms with Gasteiger partial charge < -0.3 is 15.0 Å². The van der Waals surface area contributed by atoms with Crippen molar-refractivity contribution in [3.63, 3.8) is 0 Å². The summed E-state index contributed by atoms with van der Waals surface area (Å²) in [6.07, 6.45) is -1.19. The van der Waals surface area contributed by atoms with Crippen LogP contribution in [0.5, 0.6) is 0 Å². The van der Waals surface area contributed by atoms with Crippen LogP contribution in [-0.2, 0) is 14.3 Å². The molecule has 0 unspecified atom stereocenters. The van der Waals surface area contributed by atoms with Crippen LogP contribution in [0.25, 0.3) is 0 Å². The van der Waals surface area contributed by atoms with Crippen molar-refractivity contribution in [3.8, 4) is 0 Å². The number of hydrogen-bond acceptors (Lipinski definition) is 6. The van der Waals surface area contributed by atoms with E-state index >= 15 is 0 Å². The lowest BCUT2D eigenvalue weighted by Gasteiger charge is -2.20. The molecule has 0 bridgehead atoms. The van der Waals surface area contributed by atoms with Gasteiger partial charge in [0.15, 0.2) is 5.78 Å². The number of esters is 1. The van der Waals surface area contributed by atoms with Crippen molar-refractivity contribution in [1.29, 1.82) is 0 Å². The lowest BCUT2D eigenvalue weighted by Crippen LogP contribution is -2.34. The summed E-state index contributed by atoms with van der Waals surface area (Å²) in [5.41, 5.74) is 1.38. The maximum absolute atomic E-state index is 12.9. The predicted octanol–water partition coefficient (Wildman–Crippen LogP) is 3.28. The molecule has 2 aromatic carbocycles. The summed E-state index contributed by atoms with van der Waals surface area (Å²) in [7, 11) is 0. The van der Waals surface area contributed by atoms with Crippen molar-refractivity contribution in [2.24, 2.45) is 0 Å². The molecule has 1 aliphatic rings. The minimum Gasteiger partial charge on any atom is -0.446 e. The number of nitrogens with zero attached hydrogens (tertiary/aromatic N) is 1. The second-order valence-corrected chi connectivity index (χ2v) is 7.49. The number of anilines is 1. The Hall–Kier alpha value is -3.13. The molecule has 2 amide bonds. The zero-order valence-corrected chi connectivity index (χ0v) is 16.6. The van der Waals surface area contributed by atoms with E-state index in [0.29, 0.717) is 29.1 Å². The number of carbonyl (C=O) groups is 4. The number of amides is 2. The first-order chi connectivity index (χ1) is 13.9. The second-order valence-electron chi connectivity index (χ2n) is 6.44. The number of benzene rings is 2. The fraction of sp³-hybridized carbons (Fsp3) is 0.238. The molecule has 8 heteroatoms. The number of nitrogens with one attached hydrogen (secondary N) is 1. The Labute approximate surface area is 172 Å². The van der Waals surface area contributed by atoms with E-state index in [1.54, 1.807) is 54.6 Å². The third kappa shape index (κ3) is 5.45. The highest BCUT2D eigenvalue weighted by molar-refractivity contribution is 8.13. The number of ether oxygens (including phenoxy) is 1. The Morgan fingerprint density at radius 2 is 1.90 bits per heavy atom. The topological polar surface area (TPSA) is 92.8 Å². The van der Waals surface area contributed by atoms with Gasteiger partial charge in [0.25, 0.3) is 11.1 Å². The number of hydrogen-bond donors (Lipinski definition) is 1. The fourth-order valence-corrected chi connectivity index (χ4v) is 3.64. The second kappa shape index (κ2) is 9.38. The minimum absolute atomic E-state index is 0.125. The summed E-state index contributed by atoms with van der Waals surface area (Å²) in [4.78, 5) is 49.9. The Morgan fingerprint density at radius 1 is 1.14 bits per heavy atom. The molecule has 1 N–H and O–H groups in total. The summed E-state index contributed by atoms with van der Waals surface area (Å²) >= 11 is 1.15. The minimum atomic E-state index is -1.19. The number of Topliss-reactive ketones (excluding diaryl/α,β-unsaturated/α-hetero) is 1. The maximum atomic E-state index is 12.9. The van der Waals surface area contributed by atoms with Crippen molar-refractivity contribution in [2.45, 2.75) is 13.0 Å². The van der Waals surface area contributed by atoms with Gasteiger partial charge in [0.1, 0.15) is 6.54 Å². The van der Waals surface area contributed by atoms with Crippen LogP contribution in [0.1, 0.15) is 28.9 Å². The Balaban J connectivity index is 1.75. The van der Waals surface area contributed by atoms with Gasteiger partial charge in [0, 0.05) is 29.1 Å². The van der Waals surface area contributed by atoms with E-state index in [0.717, 1.165) is 11.8 Å². The van der Waals surface area contributed by atoms with Crippen molar-refractivity contribution in [3.05, 3.63) is 65.7 Å². The van der Waals surface area contributed by atoms with E-state index in [1.807, 2.05) is 0 Å². The van der Waals surface area contributed by atoms with Gasteiger partial charge in [-0.15, -0.1) is 0 Å². The van der Waals surface area contributed by atoms with Crippen LogP contribution >= 0.6 is 11.8 Å². The highest BCUT2D eigenvalue weighted by Crippen LogP contribution is 2.22. The summed E-state index contributed by atoms with van der Waals surface area (Å²) in [6, 6.07) is 15.1. The highest BCUT2D eigenvalue weighted by atomic mass is 32.2. The Bertz CT molecular complexity index is 932. The monoisotopic (exact) mass is 412 g/mol. The number of ketones is 1. The average Bonchev–Trinajstić information content (AvgIpc) is 3.11. The molecule has 1 heterocycles. The molecule has 0 saturated carbocycles. The number of carbonyl (C=O) groups excluding carboxylic acids is 4. The van der Waals surface area contributed by atoms with Crippen molar-refractivity contribution >= 4 is 40.3 Å². The van der Waals surface area contributed by atoms with E-state index in [2.05, 4.69) is 5.32 Å². The molecule has 1 atom stereocenters. The molecule has 1 aliphatic heterocycles. The van der Waals surface area contributed by atoms with Crippen LogP contribution in [0.2, 0.25) is 0 Å². The summed E-state index contributed by atoms with van der Waals surface area (Å²) in [6.45, 7) is 1.70. The van der Waals surface area contributed by atoms with Crippen LogP contribution in [0.15, 0.2) is 54.6 Å². The Kier molecular flexibility index (Phi) is 6.66. The van der Waals surface area contributed by atoms with Gasteiger partial charge in [-0.1, -0.05) is 54.2 Å². The number of rotatable bonds is 7. The van der Waals surface area contributed by atoms with Crippen LogP contribution in [0.4, 0.5) is 10.5 Å². The molecule has 2 aromatic rings. The van der Waals surface area contributed by atoms with Gasteiger partial charge >= 0.3 is 5.97 Å². The van der Waals surface area contributed by atoms with Crippen LogP contribution in [0, 0.1) is 0 Å². The molecule has 0 aromatic heterocycles. The standard InChI is InChI=1S/C21H20N2O5S/c1-14(24)16-8-5-9-17(12-16)22-20(26)19(15-6-3-2-4-7-15)28-18(25)13-23-10-11-29-21(23)27/h2-9,12,19H,10-11,13H2,1H3,(H,22,26)/t19-/m0/s1. The predicted molar refractivity (Wildman–Crippen MR) is 110 cm³/mol. The average molecular weight is 412 g/mol. The molecule has 3 rings (SSSR count). The van der Waals surface area contributed by atoms with Crippen LogP contribution in [0.3, 0.4) is 0 Å². The fourth-order valence-electron chi connectivity index (χ4n) is 2.82. The van der Waals surface area contributed by atoms with Gasteiger partial charge in [-0.3, -0.25) is 19.2 Å². The normalized spacial score (nSPS) is 14.4. The van der Waals surface area contributed by atoms with E-state index in [-0.39, 0.29) is 17.6 Å². The molecule has 150 valence electrons. The van der Waals surface area contributed by atoms with E-state index in [9.17, 15) is 19.2 Å². The first-order valence-corrected chi connectivity index (χ1v) is 10.0. The van der Waals surface area contributed by atoms with Crippen molar-refractivity contribution in [1.82, 2.24) is 4.90 Å². The molecular weight excluding hydrogens is 392 g/mol. The molecule has 0 radical (unpaired) electrons. The van der Waals surface area contributed by atoms with Gasteiger partial charge in [-0.2, -0.15) is 0 Å². The first-order valence-electron chi connectivity index (χ1n) is 9.02.